The number of hydrogen-bond donors (Lipinski definition) is 1. The fourth-order valence-corrected chi connectivity index (χ4v) is 2.72. The van der Waals surface area contributed by atoms with Gasteiger partial charge in [0.15, 0.2) is 0 Å². The van der Waals surface area contributed by atoms with Crippen LogP contribution in [0.3, 0.4) is 0 Å². The van der Waals surface area contributed by atoms with E-state index in [1.807, 2.05) is 19.1 Å². The fourth-order valence-electron chi connectivity index (χ4n) is 2.72. The van der Waals surface area contributed by atoms with Crippen LogP contribution in [0.25, 0.3) is 0 Å². The summed E-state index contributed by atoms with van der Waals surface area (Å²) in [6.07, 6.45) is 1.55. The van der Waals surface area contributed by atoms with Crippen molar-refractivity contribution in [1.82, 2.24) is 19.7 Å². The normalized spacial score (nSPS) is 17.9. The Kier molecular flexibility index (Phi) is 6.50. The molecular formula is C17H28N4O2. The number of pyridine rings is 1. The van der Waals surface area contributed by atoms with Gasteiger partial charge >= 0.3 is 0 Å². The number of carbonyl (C=O) groups excluding carboxylic acids is 1. The van der Waals surface area contributed by atoms with Gasteiger partial charge in [-0.25, -0.2) is 0 Å². The number of hydrogen-bond acceptors (Lipinski definition) is 5. The van der Waals surface area contributed by atoms with Gasteiger partial charge in [-0.2, -0.15) is 0 Å². The number of likely N-dealkylation sites (N-methyl/N-ethyl adjacent to an activating group) is 2. The van der Waals surface area contributed by atoms with E-state index >= 15 is 0 Å². The van der Waals surface area contributed by atoms with E-state index in [1.54, 1.807) is 18.1 Å². The molecular weight excluding hydrogens is 292 g/mol. The molecule has 6 nitrogen and oxygen atoms in total. The molecule has 1 aromatic heterocycles. The van der Waals surface area contributed by atoms with Crippen molar-refractivity contribution < 1.29 is 9.90 Å². The van der Waals surface area contributed by atoms with Crippen LogP contribution in [-0.4, -0.2) is 90.2 Å². The molecule has 1 N–H and O–H groups in total. The lowest BCUT2D eigenvalue weighted by Crippen LogP contribution is -2.49. The van der Waals surface area contributed by atoms with E-state index in [0.717, 1.165) is 37.4 Å². The molecule has 1 aliphatic rings. The highest BCUT2D eigenvalue weighted by atomic mass is 16.3. The zero-order chi connectivity index (χ0) is 16.8. The molecule has 23 heavy (non-hydrogen) atoms. The lowest BCUT2D eigenvalue weighted by Gasteiger charge is -2.34. The molecule has 0 saturated carbocycles. The van der Waals surface area contributed by atoms with E-state index in [0.29, 0.717) is 19.5 Å². The number of aliphatic hydroxyl groups excluding tert-OH is 1. The van der Waals surface area contributed by atoms with Gasteiger partial charge in [-0.3, -0.25) is 14.7 Å². The third-order valence-corrected chi connectivity index (χ3v) is 4.30. The van der Waals surface area contributed by atoms with Crippen molar-refractivity contribution in [2.45, 2.75) is 19.4 Å². The third kappa shape index (κ3) is 5.89. The van der Waals surface area contributed by atoms with Crippen molar-refractivity contribution in [2.75, 3.05) is 53.4 Å². The summed E-state index contributed by atoms with van der Waals surface area (Å²) in [6, 6.07) is 3.83. The SMILES string of the molecule is Cc1ccc(CC(=O)N(C)CC(O)CN2CCN(C)CC2)cn1. The molecule has 1 unspecified atom stereocenters. The van der Waals surface area contributed by atoms with Gasteiger partial charge < -0.3 is 14.9 Å². The van der Waals surface area contributed by atoms with Gasteiger partial charge in [0.2, 0.25) is 5.91 Å². The van der Waals surface area contributed by atoms with Gasteiger partial charge in [0.1, 0.15) is 0 Å². The van der Waals surface area contributed by atoms with Gasteiger partial charge in [0.05, 0.1) is 12.5 Å². The second-order valence-electron chi connectivity index (χ2n) is 6.52. The Hall–Kier alpha value is -1.50. The molecule has 0 spiro atoms. The van der Waals surface area contributed by atoms with Crippen molar-refractivity contribution in [3.63, 3.8) is 0 Å². The Morgan fingerprint density at radius 2 is 2.04 bits per heavy atom. The lowest BCUT2D eigenvalue weighted by molar-refractivity contribution is -0.130. The molecule has 1 amide bonds. The molecule has 0 radical (unpaired) electrons. The molecule has 0 bridgehead atoms. The van der Waals surface area contributed by atoms with Crippen molar-refractivity contribution in [3.8, 4) is 0 Å². The summed E-state index contributed by atoms with van der Waals surface area (Å²) >= 11 is 0. The number of carbonyl (C=O) groups is 1. The van der Waals surface area contributed by atoms with E-state index in [2.05, 4.69) is 21.8 Å². The summed E-state index contributed by atoms with van der Waals surface area (Å²) in [5.74, 6) is 0.00748. The summed E-state index contributed by atoms with van der Waals surface area (Å²) in [5.41, 5.74) is 1.85. The first-order chi connectivity index (χ1) is 10.9. The van der Waals surface area contributed by atoms with Crippen LogP contribution in [0.1, 0.15) is 11.3 Å². The molecule has 1 fully saturated rings. The summed E-state index contributed by atoms with van der Waals surface area (Å²) in [4.78, 5) is 22.6. The Morgan fingerprint density at radius 1 is 1.35 bits per heavy atom. The lowest BCUT2D eigenvalue weighted by atomic mass is 10.1. The molecule has 2 heterocycles. The minimum absolute atomic E-state index is 0.00748. The van der Waals surface area contributed by atoms with Crippen molar-refractivity contribution in [1.29, 1.82) is 0 Å². The van der Waals surface area contributed by atoms with Gasteiger partial charge in [-0.1, -0.05) is 6.07 Å². The third-order valence-electron chi connectivity index (χ3n) is 4.30. The highest BCUT2D eigenvalue weighted by molar-refractivity contribution is 5.78. The molecule has 128 valence electrons. The maximum Gasteiger partial charge on any atom is 0.226 e. The van der Waals surface area contributed by atoms with Gasteiger partial charge in [0.25, 0.3) is 0 Å². The first kappa shape index (κ1) is 17.8. The molecule has 0 aromatic carbocycles. The Morgan fingerprint density at radius 3 is 2.65 bits per heavy atom. The van der Waals surface area contributed by atoms with Gasteiger partial charge in [-0.05, 0) is 25.6 Å². The van der Waals surface area contributed by atoms with Crippen LogP contribution < -0.4 is 0 Å². The largest absolute Gasteiger partial charge is 0.390 e. The maximum atomic E-state index is 12.2. The highest BCUT2D eigenvalue weighted by Crippen LogP contribution is 2.05. The zero-order valence-corrected chi connectivity index (χ0v) is 14.4. The van der Waals surface area contributed by atoms with E-state index in [4.69, 9.17) is 0 Å². The van der Waals surface area contributed by atoms with E-state index in [1.165, 1.54) is 0 Å². The second kappa shape index (κ2) is 8.38. The maximum absolute atomic E-state index is 12.2. The van der Waals surface area contributed by atoms with Crippen LogP contribution in [0.15, 0.2) is 18.3 Å². The smallest absolute Gasteiger partial charge is 0.226 e. The molecule has 1 atom stereocenters. The zero-order valence-electron chi connectivity index (χ0n) is 14.4. The average Bonchev–Trinajstić information content (AvgIpc) is 2.51. The first-order valence-corrected chi connectivity index (χ1v) is 8.18. The Bertz CT molecular complexity index is 498. The van der Waals surface area contributed by atoms with Crippen LogP contribution in [0, 0.1) is 6.92 Å². The summed E-state index contributed by atoms with van der Waals surface area (Å²) in [7, 11) is 3.86. The monoisotopic (exact) mass is 320 g/mol. The molecule has 1 saturated heterocycles. The van der Waals surface area contributed by atoms with Gasteiger partial charge in [0, 0.05) is 58.2 Å². The molecule has 1 aromatic rings. The van der Waals surface area contributed by atoms with E-state index in [9.17, 15) is 9.90 Å². The average molecular weight is 320 g/mol. The summed E-state index contributed by atoms with van der Waals surface area (Å²) in [5, 5.41) is 10.2. The van der Waals surface area contributed by atoms with Crippen LogP contribution >= 0.6 is 0 Å². The Labute approximate surface area is 138 Å². The molecule has 0 aliphatic carbocycles. The Balaban J connectivity index is 1.75. The van der Waals surface area contributed by atoms with Gasteiger partial charge in [-0.15, -0.1) is 0 Å². The molecule has 2 rings (SSSR count). The minimum atomic E-state index is -0.511. The van der Waals surface area contributed by atoms with Crippen molar-refractivity contribution >= 4 is 5.91 Å². The summed E-state index contributed by atoms with van der Waals surface area (Å²) in [6.45, 7) is 6.92. The van der Waals surface area contributed by atoms with Crippen molar-refractivity contribution in [2.24, 2.45) is 0 Å². The highest BCUT2D eigenvalue weighted by Gasteiger charge is 2.19. The van der Waals surface area contributed by atoms with Crippen molar-refractivity contribution in [3.05, 3.63) is 29.6 Å². The number of nitrogens with zero attached hydrogens (tertiary/aromatic N) is 4. The van der Waals surface area contributed by atoms with Crippen LogP contribution in [-0.2, 0) is 11.2 Å². The topological polar surface area (TPSA) is 59.9 Å². The summed E-state index contributed by atoms with van der Waals surface area (Å²) < 4.78 is 0. The predicted molar refractivity (Wildman–Crippen MR) is 90.3 cm³/mol. The number of piperazine rings is 1. The van der Waals surface area contributed by atoms with Crippen LogP contribution in [0.4, 0.5) is 0 Å². The fraction of sp³-hybridized carbons (Fsp3) is 0.647. The number of amides is 1. The number of aryl methyl sites for hydroxylation is 1. The van der Waals surface area contributed by atoms with E-state index < -0.39 is 6.10 Å². The second-order valence-corrected chi connectivity index (χ2v) is 6.52. The minimum Gasteiger partial charge on any atom is -0.390 e. The standard InChI is InChI=1S/C17H28N4O2/c1-14-4-5-15(11-18-14)10-17(23)20(3)12-16(22)13-21-8-6-19(2)7-9-21/h4-5,11,16,22H,6-10,12-13H2,1-3H3. The number of aliphatic hydroxyl groups is 1. The molecule has 1 aliphatic heterocycles. The quantitative estimate of drug-likeness (QED) is 0.799. The van der Waals surface area contributed by atoms with Crippen LogP contribution in [0.5, 0.6) is 0 Å². The number of β-amino-alcohol motifs (C(OH)–C–C–N with tert-alkyl or cyclic N) is 1. The predicted octanol–water partition coefficient (Wildman–Crippen LogP) is -0.000780. The van der Waals surface area contributed by atoms with Crippen LogP contribution in [0.2, 0.25) is 0 Å². The van der Waals surface area contributed by atoms with E-state index in [-0.39, 0.29) is 5.91 Å². The molecule has 6 heteroatoms. The number of aromatic nitrogens is 1. The first-order valence-electron chi connectivity index (χ1n) is 8.18. The number of rotatable bonds is 6.